The molecular formula is C20H19NO5S. The van der Waals surface area contributed by atoms with Crippen molar-refractivity contribution in [3.63, 3.8) is 0 Å². The SMILES string of the molecule is COc1ccc(C(=O)NC[C@H](c2ccco2)S(=O)(=O)c2ccccc2)cc1. The van der Waals surface area contributed by atoms with Crippen LogP contribution in [0.3, 0.4) is 0 Å². The Hall–Kier alpha value is -3.06. The summed E-state index contributed by atoms with van der Waals surface area (Å²) in [6.45, 7) is -0.115. The highest BCUT2D eigenvalue weighted by Crippen LogP contribution is 2.28. The van der Waals surface area contributed by atoms with Gasteiger partial charge in [-0.25, -0.2) is 8.42 Å². The van der Waals surface area contributed by atoms with Gasteiger partial charge in [-0.05, 0) is 48.5 Å². The number of benzene rings is 2. The van der Waals surface area contributed by atoms with Crippen molar-refractivity contribution in [2.75, 3.05) is 13.7 Å². The Morgan fingerprint density at radius 3 is 2.33 bits per heavy atom. The zero-order valence-electron chi connectivity index (χ0n) is 14.7. The number of carbonyl (C=O) groups is 1. The average molecular weight is 385 g/mol. The summed E-state index contributed by atoms with van der Waals surface area (Å²) in [7, 11) is -2.20. The van der Waals surface area contributed by atoms with Gasteiger partial charge in [-0.15, -0.1) is 0 Å². The van der Waals surface area contributed by atoms with Gasteiger partial charge < -0.3 is 14.5 Å². The molecule has 0 bridgehead atoms. The van der Waals surface area contributed by atoms with Crippen LogP contribution in [0.2, 0.25) is 0 Å². The van der Waals surface area contributed by atoms with Crippen molar-refractivity contribution in [1.29, 1.82) is 0 Å². The predicted molar refractivity (Wildman–Crippen MR) is 100 cm³/mol. The first-order valence-corrected chi connectivity index (χ1v) is 9.81. The molecule has 7 heteroatoms. The van der Waals surface area contributed by atoms with E-state index >= 15 is 0 Å². The number of amides is 1. The fourth-order valence-corrected chi connectivity index (χ4v) is 4.25. The van der Waals surface area contributed by atoms with Crippen LogP contribution in [0.5, 0.6) is 5.75 Å². The van der Waals surface area contributed by atoms with Crippen LogP contribution >= 0.6 is 0 Å². The first-order valence-electron chi connectivity index (χ1n) is 8.27. The number of rotatable bonds is 7. The molecule has 3 rings (SSSR count). The van der Waals surface area contributed by atoms with Gasteiger partial charge in [0.15, 0.2) is 9.84 Å². The maximum Gasteiger partial charge on any atom is 0.251 e. The summed E-state index contributed by atoms with van der Waals surface area (Å²) < 4.78 is 36.5. The molecule has 0 fully saturated rings. The quantitative estimate of drug-likeness (QED) is 0.675. The molecule has 0 radical (unpaired) electrons. The van der Waals surface area contributed by atoms with E-state index in [-0.39, 0.29) is 23.1 Å². The Morgan fingerprint density at radius 2 is 1.74 bits per heavy atom. The molecule has 1 heterocycles. The number of hydrogen-bond acceptors (Lipinski definition) is 5. The topological polar surface area (TPSA) is 85.6 Å². The maximum absolute atomic E-state index is 13.0. The molecule has 2 aromatic carbocycles. The molecule has 0 unspecified atom stereocenters. The van der Waals surface area contributed by atoms with Crippen molar-refractivity contribution < 1.29 is 22.4 Å². The summed E-state index contributed by atoms with van der Waals surface area (Å²) in [4.78, 5) is 12.6. The highest BCUT2D eigenvalue weighted by Gasteiger charge is 2.31. The molecule has 1 amide bonds. The van der Waals surface area contributed by atoms with Gasteiger partial charge >= 0.3 is 0 Å². The van der Waals surface area contributed by atoms with Crippen LogP contribution in [0.15, 0.2) is 82.3 Å². The van der Waals surface area contributed by atoms with E-state index in [1.165, 1.54) is 25.5 Å². The number of nitrogens with one attached hydrogen (secondary N) is 1. The highest BCUT2D eigenvalue weighted by molar-refractivity contribution is 7.91. The number of hydrogen-bond donors (Lipinski definition) is 1. The number of methoxy groups -OCH3 is 1. The molecule has 6 nitrogen and oxygen atoms in total. The summed E-state index contributed by atoms with van der Waals surface area (Å²) in [5.41, 5.74) is 0.408. The zero-order valence-corrected chi connectivity index (χ0v) is 15.5. The monoisotopic (exact) mass is 385 g/mol. The summed E-state index contributed by atoms with van der Waals surface area (Å²) in [5, 5.41) is 1.65. The van der Waals surface area contributed by atoms with E-state index in [1.54, 1.807) is 54.6 Å². The van der Waals surface area contributed by atoms with Crippen molar-refractivity contribution in [3.05, 3.63) is 84.3 Å². The van der Waals surface area contributed by atoms with E-state index < -0.39 is 15.1 Å². The Labute approximate surface area is 157 Å². The van der Waals surface area contributed by atoms with Crippen molar-refractivity contribution in [3.8, 4) is 5.75 Å². The third kappa shape index (κ3) is 4.20. The van der Waals surface area contributed by atoms with E-state index in [0.29, 0.717) is 11.3 Å². The maximum atomic E-state index is 13.0. The van der Waals surface area contributed by atoms with Crippen LogP contribution in [-0.4, -0.2) is 28.0 Å². The van der Waals surface area contributed by atoms with Crippen molar-refractivity contribution in [2.45, 2.75) is 10.1 Å². The molecule has 0 aliphatic heterocycles. The molecule has 0 spiro atoms. The molecule has 0 aliphatic rings. The second-order valence-corrected chi connectivity index (χ2v) is 7.93. The van der Waals surface area contributed by atoms with Gasteiger partial charge in [0.05, 0.1) is 18.3 Å². The number of furan rings is 1. The minimum atomic E-state index is -3.74. The molecule has 1 atom stereocenters. The molecular weight excluding hydrogens is 366 g/mol. The third-order valence-electron chi connectivity index (χ3n) is 4.11. The van der Waals surface area contributed by atoms with Crippen LogP contribution in [0, 0.1) is 0 Å². The fraction of sp³-hybridized carbons (Fsp3) is 0.150. The normalized spacial score (nSPS) is 12.3. The van der Waals surface area contributed by atoms with E-state index in [4.69, 9.17) is 9.15 Å². The molecule has 0 saturated carbocycles. The first kappa shape index (κ1) is 18.7. The van der Waals surface area contributed by atoms with E-state index in [2.05, 4.69) is 5.32 Å². The second kappa shape index (κ2) is 8.09. The molecule has 140 valence electrons. The van der Waals surface area contributed by atoms with Crippen molar-refractivity contribution in [2.24, 2.45) is 0 Å². The van der Waals surface area contributed by atoms with Gasteiger partial charge in [0.2, 0.25) is 0 Å². The van der Waals surface area contributed by atoms with Crippen molar-refractivity contribution in [1.82, 2.24) is 5.32 Å². The summed E-state index contributed by atoms with van der Waals surface area (Å²) in [5.74, 6) is 0.526. The fourth-order valence-electron chi connectivity index (χ4n) is 2.64. The number of sulfone groups is 1. The molecule has 0 aliphatic carbocycles. The van der Waals surface area contributed by atoms with Gasteiger partial charge in [0.25, 0.3) is 5.91 Å². The Morgan fingerprint density at radius 1 is 1.04 bits per heavy atom. The second-order valence-electron chi connectivity index (χ2n) is 5.80. The zero-order chi connectivity index (χ0) is 19.3. The molecule has 1 N–H and O–H groups in total. The molecule has 27 heavy (non-hydrogen) atoms. The highest BCUT2D eigenvalue weighted by atomic mass is 32.2. The van der Waals surface area contributed by atoms with Crippen LogP contribution in [0.25, 0.3) is 0 Å². The molecule has 1 aromatic heterocycles. The number of carbonyl (C=O) groups excluding carboxylic acids is 1. The lowest BCUT2D eigenvalue weighted by molar-refractivity contribution is 0.0953. The smallest absolute Gasteiger partial charge is 0.251 e. The van der Waals surface area contributed by atoms with E-state index in [0.717, 1.165) is 0 Å². The van der Waals surface area contributed by atoms with Crippen LogP contribution < -0.4 is 10.1 Å². The van der Waals surface area contributed by atoms with Gasteiger partial charge in [-0.3, -0.25) is 4.79 Å². The third-order valence-corrected chi connectivity index (χ3v) is 6.18. The van der Waals surface area contributed by atoms with Gasteiger partial charge in [0, 0.05) is 12.1 Å². The van der Waals surface area contributed by atoms with Crippen molar-refractivity contribution >= 4 is 15.7 Å². The lowest BCUT2D eigenvalue weighted by atomic mass is 10.2. The van der Waals surface area contributed by atoms with E-state index in [9.17, 15) is 13.2 Å². The average Bonchev–Trinajstić information content (AvgIpc) is 3.23. The first-order chi connectivity index (χ1) is 13.0. The summed E-state index contributed by atoms with van der Waals surface area (Å²) in [6, 6.07) is 17.9. The minimum Gasteiger partial charge on any atom is -0.497 e. The predicted octanol–water partition coefficient (Wildman–Crippen LogP) is 3.23. The standard InChI is InChI=1S/C20H19NO5S/c1-25-16-11-9-15(10-12-16)20(22)21-14-19(18-8-5-13-26-18)27(23,24)17-6-3-2-4-7-17/h2-13,19H,14H2,1H3,(H,21,22)/t19-/m1/s1. The van der Waals surface area contributed by atoms with Crippen LogP contribution in [0.1, 0.15) is 21.4 Å². The minimum absolute atomic E-state index is 0.115. The van der Waals surface area contributed by atoms with Gasteiger partial charge in [-0.1, -0.05) is 18.2 Å². The molecule has 3 aromatic rings. The van der Waals surface area contributed by atoms with Gasteiger partial charge in [-0.2, -0.15) is 0 Å². The van der Waals surface area contributed by atoms with Gasteiger partial charge in [0.1, 0.15) is 16.8 Å². The Bertz CT molecular complexity index is 981. The van der Waals surface area contributed by atoms with Crippen LogP contribution in [0.4, 0.5) is 0 Å². The number of ether oxygens (including phenoxy) is 1. The summed E-state index contributed by atoms with van der Waals surface area (Å²) >= 11 is 0. The van der Waals surface area contributed by atoms with Crippen LogP contribution in [-0.2, 0) is 9.84 Å². The largest absolute Gasteiger partial charge is 0.497 e. The Balaban J connectivity index is 1.82. The summed E-state index contributed by atoms with van der Waals surface area (Å²) in [6.07, 6.45) is 1.41. The van der Waals surface area contributed by atoms with E-state index in [1.807, 2.05) is 0 Å². The lowest BCUT2D eigenvalue weighted by Crippen LogP contribution is -2.31. The molecule has 0 saturated heterocycles. The Kier molecular flexibility index (Phi) is 5.61. The lowest BCUT2D eigenvalue weighted by Gasteiger charge is -2.17.